The van der Waals surface area contributed by atoms with Crippen molar-refractivity contribution in [3.63, 3.8) is 0 Å². The summed E-state index contributed by atoms with van der Waals surface area (Å²) in [5.74, 6) is 0.0298. The first-order valence-corrected chi connectivity index (χ1v) is 6.96. The van der Waals surface area contributed by atoms with E-state index in [1.807, 2.05) is 31.3 Å². The molecule has 0 unspecified atom stereocenters. The molecule has 0 radical (unpaired) electrons. The average molecular weight is 361 g/mol. The van der Waals surface area contributed by atoms with Crippen LogP contribution in [0.15, 0.2) is 39.8 Å². The van der Waals surface area contributed by atoms with Crippen molar-refractivity contribution in [2.45, 2.75) is 12.8 Å². The second-order valence-corrected chi connectivity index (χ2v) is 5.55. The number of carbonyl (C=O) groups is 1. The first kappa shape index (κ1) is 14.5. The summed E-state index contributed by atoms with van der Waals surface area (Å²) in [6, 6.07) is 5.60. The van der Waals surface area contributed by atoms with Crippen molar-refractivity contribution in [3.8, 4) is 0 Å². The average Bonchev–Trinajstić information content (AvgIpc) is 2.31. The van der Waals surface area contributed by atoms with Gasteiger partial charge >= 0.3 is 0 Å². The standard InChI is InChI=1S/C13H15Br2NO/c1-3-4-5-8-16(2)13(17)11-9-10(14)6-7-12(11)15/h3,6-7,9H,1,4-5,8H2,2H3. The molecule has 0 aromatic heterocycles. The van der Waals surface area contributed by atoms with Crippen LogP contribution in [0.4, 0.5) is 0 Å². The number of carbonyl (C=O) groups excluding carboxylic acids is 1. The summed E-state index contributed by atoms with van der Waals surface area (Å²) in [5, 5.41) is 0. The molecule has 0 aliphatic carbocycles. The zero-order valence-electron chi connectivity index (χ0n) is 9.75. The molecule has 0 spiro atoms. The Bertz CT molecular complexity index is 418. The lowest BCUT2D eigenvalue weighted by atomic mass is 10.2. The van der Waals surface area contributed by atoms with Crippen molar-refractivity contribution >= 4 is 37.8 Å². The van der Waals surface area contributed by atoms with E-state index in [1.165, 1.54) is 0 Å². The van der Waals surface area contributed by atoms with Crippen LogP contribution < -0.4 is 0 Å². The summed E-state index contributed by atoms with van der Waals surface area (Å²) in [6.07, 6.45) is 3.74. The Labute approximate surface area is 119 Å². The van der Waals surface area contributed by atoms with Crippen molar-refractivity contribution in [1.82, 2.24) is 4.90 Å². The number of rotatable bonds is 5. The molecule has 17 heavy (non-hydrogen) atoms. The number of hydrogen-bond acceptors (Lipinski definition) is 1. The molecule has 0 aliphatic rings. The third kappa shape index (κ3) is 4.28. The highest BCUT2D eigenvalue weighted by Gasteiger charge is 2.14. The topological polar surface area (TPSA) is 20.3 Å². The molecule has 2 nitrogen and oxygen atoms in total. The van der Waals surface area contributed by atoms with E-state index in [0.29, 0.717) is 5.56 Å². The number of benzene rings is 1. The van der Waals surface area contributed by atoms with Crippen molar-refractivity contribution in [2.24, 2.45) is 0 Å². The molecule has 1 rings (SSSR count). The summed E-state index contributed by atoms with van der Waals surface area (Å²) in [6.45, 7) is 4.41. The zero-order valence-corrected chi connectivity index (χ0v) is 12.9. The summed E-state index contributed by atoms with van der Waals surface area (Å²) in [7, 11) is 1.82. The molecule has 0 saturated carbocycles. The molecule has 1 aromatic rings. The Morgan fingerprint density at radius 2 is 2.18 bits per heavy atom. The van der Waals surface area contributed by atoms with Gasteiger partial charge in [0.2, 0.25) is 0 Å². The van der Waals surface area contributed by atoms with Crippen molar-refractivity contribution in [1.29, 1.82) is 0 Å². The van der Waals surface area contributed by atoms with E-state index in [4.69, 9.17) is 0 Å². The smallest absolute Gasteiger partial charge is 0.254 e. The van der Waals surface area contributed by atoms with Crippen LogP contribution in [-0.2, 0) is 0 Å². The molecular weight excluding hydrogens is 346 g/mol. The van der Waals surface area contributed by atoms with E-state index in [2.05, 4.69) is 38.4 Å². The van der Waals surface area contributed by atoms with Gasteiger partial charge in [0.1, 0.15) is 0 Å². The second kappa shape index (κ2) is 6.97. The maximum Gasteiger partial charge on any atom is 0.254 e. The fraction of sp³-hybridized carbons (Fsp3) is 0.308. The van der Waals surface area contributed by atoms with Crippen LogP contribution >= 0.6 is 31.9 Å². The number of halogens is 2. The van der Waals surface area contributed by atoms with Crippen molar-refractivity contribution in [3.05, 3.63) is 45.4 Å². The van der Waals surface area contributed by atoms with Crippen molar-refractivity contribution < 1.29 is 4.79 Å². The molecule has 0 saturated heterocycles. The molecule has 0 heterocycles. The largest absolute Gasteiger partial charge is 0.342 e. The highest BCUT2D eigenvalue weighted by Crippen LogP contribution is 2.22. The predicted octanol–water partition coefficient (Wildman–Crippen LogP) is 4.25. The minimum Gasteiger partial charge on any atom is -0.342 e. The van der Waals surface area contributed by atoms with Crippen LogP contribution in [0.1, 0.15) is 23.2 Å². The minimum atomic E-state index is 0.0298. The zero-order chi connectivity index (χ0) is 12.8. The molecular formula is C13H15Br2NO. The summed E-state index contributed by atoms with van der Waals surface area (Å²) < 4.78 is 1.73. The Morgan fingerprint density at radius 1 is 1.47 bits per heavy atom. The summed E-state index contributed by atoms with van der Waals surface area (Å²) >= 11 is 6.77. The Kier molecular flexibility index (Phi) is 5.92. The quantitative estimate of drug-likeness (QED) is 0.567. The van der Waals surface area contributed by atoms with Gasteiger partial charge in [-0.2, -0.15) is 0 Å². The van der Waals surface area contributed by atoms with Gasteiger partial charge in [0, 0.05) is 22.5 Å². The molecule has 1 amide bonds. The van der Waals surface area contributed by atoms with Gasteiger partial charge in [-0.25, -0.2) is 0 Å². The highest BCUT2D eigenvalue weighted by molar-refractivity contribution is 9.11. The van der Waals surface area contributed by atoms with Gasteiger partial charge in [-0.05, 0) is 47.0 Å². The second-order valence-electron chi connectivity index (χ2n) is 3.78. The van der Waals surface area contributed by atoms with E-state index >= 15 is 0 Å². The molecule has 1 aromatic carbocycles. The van der Waals surface area contributed by atoms with Gasteiger partial charge in [0.05, 0.1) is 5.56 Å². The summed E-state index contributed by atoms with van der Waals surface area (Å²) in [5.41, 5.74) is 0.681. The Hall–Kier alpha value is -0.610. The number of allylic oxidation sites excluding steroid dienone is 1. The third-order valence-corrected chi connectivity index (χ3v) is 3.59. The minimum absolute atomic E-state index is 0.0298. The Balaban J connectivity index is 2.74. The van der Waals surface area contributed by atoms with Gasteiger partial charge in [0.15, 0.2) is 0 Å². The first-order valence-electron chi connectivity index (χ1n) is 5.37. The molecule has 0 fully saturated rings. The van der Waals surface area contributed by atoms with Gasteiger partial charge in [-0.1, -0.05) is 22.0 Å². The summed E-state index contributed by atoms with van der Waals surface area (Å²) in [4.78, 5) is 13.9. The van der Waals surface area contributed by atoms with E-state index < -0.39 is 0 Å². The first-order chi connectivity index (χ1) is 8.06. The van der Waals surface area contributed by atoms with E-state index in [9.17, 15) is 4.79 Å². The van der Waals surface area contributed by atoms with Crippen LogP contribution in [0.25, 0.3) is 0 Å². The molecule has 4 heteroatoms. The van der Waals surface area contributed by atoms with E-state index in [0.717, 1.165) is 28.3 Å². The predicted molar refractivity (Wildman–Crippen MR) is 78.2 cm³/mol. The fourth-order valence-corrected chi connectivity index (χ4v) is 2.22. The SMILES string of the molecule is C=CCCCN(C)C(=O)c1cc(Br)ccc1Br. The van der Waals surface area contributed by atoms with Gasteiger partial charge in [0.25, 0.3) is 5.91 Å². The van der Waals surface area contributed by atoms with E-state index in [1.54, 1.807) is 4.90 Å². The van der Waals surface area contributed by atoms with Crippen LogP contribution in [0.5, 0.6) is 0 Å². The third-order valence-electron chi connectivity index (χ3n) is 2.41. The normalized spacial score (nSPS) is 10.1. The van der Waals surface area contributed by atoms with Crippen LogP contribution in [-0.4, -0.2) is 24.4 Å². The van der Waals surface area contributed by atoms with Gasteiger partial charge < -0.3 is 4.90 Å². The van der Waals surface area contributed by atoms with E-state index in [-0.39, 0.29) is 5.91 Å². The number of amides is 1. The number of nitrogens with zero attached hydrogens (tertiary/aromatic N) is 1. The van der Waals surface area contributed by atoms with Crippen LogP contribution in [0.2, 0.25) is 0 Å². The Morgan fingerprint density at radius 3 is 2.82 bits per heavy atom. The maximum absolute atomic E-state index is 12.2. The number of unbranched alkanes of at least 4 members (excludes halogenated alkanes) is 1. The van der Waals surface area contributed by atoms with Crippen molar-refractivity contribution in [2.75, 3.05) is 13.6 Å². The lowest BCUT2D eigenvalue weighted by molar-refractivity contribution is 0.0793. The lowest BCUT2D eigenvalue weighted by Gasteiger charge is -2.17. The fourth-order valence-electron chi connectivity index (χ4n) is 1.44. The molecule has 0 N–H and O–H groups in total. The monoisotopic (exact) mass is 359 g/mol. The van der Waals surface area contributed by atoms with Crippen LogP contribution in [0.3, 0.4) is 0 Å². The molecule has 92 valence electrons. The maximum atomic E-state index is 12.2. The molecule has 0 aliphatic heterocycles. The van der Waals surface area contributed by atoms with Gasteiger partial charge in [-0.3, -0.25) is 4.79 Å². The highest BCUT2D eigenvalue weighted by atomic mass is 79.9. The molecule has 0 bridgehead atoms. The van der Waals surface area contributed by atoms with Crippen LogP contribution in [0, 0.1) is 0 Å². The number of hydrogen-bond donors (Lipinski definition) is 0. The van der Waals surface area contributed by atoms with Gasteiger partial charge in [-0.15, -0.1) is 6.58 Å². The molecule has 0 atom stereocenters. The lowest BCUT2D eigenvalue weighted by Crippen LogP contribution is -2.28.